The molecular weight excluding hydrogens is 161 g/mol. The summed E-state index contributed by atoms with van der Waals surface area (Å²) >= 11 is 0. The first kappa shape index (κ1) is 8.90. The normalized spacial score (nSPS) is 16.0. The van der Waals surface area contributed by atoms with E-state index in [1.807, 2.05) is 0 Å². The monoisotopic (exact) mass is 171 g/mol. The summed E-state index contributed by atoms with van der Waals surface area (Å²) in [5, 5.41) is 0. The van der Waals surface area contributed by atoms with Crippen molar-refractivity contribution in [3.05, 3.63) is 11.8 Å². The predicted octanol–water partition coefficient (Wildman–Crippen LogP) is 1.59. The average Bonchev–Trinajstić information content (AvgIpc) is 2.34. The molecule has 12 heavy (non-hydrogen) atoms. The topological polar surface area (TPSA) is 38.7 Å². The molecule has 1 aliphatic heterocycles. The van der Waals surface area contributed by atoms with E-state index in [2.05, 4.69) is 4.99 Å². The number of hydrogen-bond donors (Lipinski definition) is 0. The second kappa shape index (κ2) is 3.47. The Bertz CT molecular complexity index is 256. The minimum Gasteiger partial charge on any atom is -0.460 e. The Hall–Kier alpha value is -1.19. The van der Waals surface area contributed by atoms with Gasteiger partial charge in [-0.1, -0.05) is 0 Å². The summed E-state index contributed by atoms with van der Waals surface area (Å²) in [6.07, 6.45) is 0.994. The summed E-state index contributed by atoms with van der Waals surface area (Å²) in [5.74, 6) is -1.02. The first-order valence-corrected chi connectivity index (χ1v) is 3.72. The fourth-order valence-electron chi connectivity index (χ4n) is 0.811. The largest absolute Gasteiger partial charge is 0.460 e. The van der Waals surface area contributed by atoms with Crippen molar-refractivity contribution in [2.75, 3.05) is 0 Å². The molecule has 0 saturated carbocycles. The molecule has 0 bridgehead atoms. The summed E-state index contributed by atoms with van der Waals surface area (Å²) in [5.41, 5.74) is 0.279. The van der Waals surface area contributed by atoms with Gasteiger partial charge in [0.15, 0.2) is 5.97 Å². The number of rotatable bonds is 2. The van der Waals surface area contributed by atoms with Gasteiger partial charge in [0.2, 0.25) is 0 Å². The molecule has 1 rings (SSSR count). The van der Waals surface area contributed by atoms with E-state index >= 15 is 0 Å². The molecule has 3 nitrogen and oxygen atoms in total. The fourth-order valence-corrected chi connectivity index (χ4v) is 0.811. The number of nitrogens with zero attached hydrogens (tertiary/aromatic N) is 1. The Labute approximate surface area is 69.9 Å². The van der Waals surface area contributed by atoms with Crippen LogP contribution in [0.1, 0.15) is 20.3 Å². The van der Waals surface area contributed by atoms with Gasteiger partial charge in [-0.25, -0.2) is 9.79 Å². The van der Waals surface area contributed by atoms with Crippen molar-refractivity contribution in [2.24, 2.45) is 4.99 Å². The van der Waals surface area contributed by atoms with Gasteiger partial charge in [0.25, 0.3) is 0 Å². The lowest BCUT2D eigenvalue weighted by atomic mass is 10.2. The quantitative estimate of drug-likeness (QED) is 0.592. The fraction of sp³-hybridized carbons (Fsp3) is 0.500. The van der Waals surface area contributed by atoms with E-state index in [1.54, 1.807) is 13.8 Å². The van der Waals surface area contributed by atoms with E-state index in [0.29, 0.717) is 0 Å². The Morgan fingerprint density at radius 1 is 1.75 bits per heavy atom. The number of aliphatic imine (C=N–C) groups is 1. The summed E-state index contributed by atoms with van der Waals surface area (Å²) in [6, 6.07) is 0. The van der Waals surface area contributed by atoms with Crippen molar-refractivity contribution in [3.8, 4) is 0 Å². The number of halogens is 1. The van der Waals surface area contributed by atoms with Gasteiger partial charge in [-0.2, -0.15) is 4.39 Å². The molecule has 0 unspecified atom stereocenters. The van der Waals surface area contributed by atoms with Crippen LogP contribution in [0.25, 0.3) is 0 Å². The van der Waals surface area contributed by atoms with Crippen LogP contribution in [0, 0.1) is 0 Å². The highest BCUT2D eigenvalue weighted by Gasteiger charge is 2.18. The molecule has 0 atom stereocenters. The molecule has 1 heterocycles. The van der Waals surface area contributed by atoms with Crippen molar-refractivity contribution >= 4 is 11.9 Å². The molecular formula is C8H10FNO2. The van der Waals surface area contributed by atoms with Gasteiger partial charge in [0.1, 0.15) is 0 Å². The number of ether oxygens (including phenoxy) is 1. The first-order valence-electron chi connectivity index (χ1n) is 3.72. The Kier molecular flexibility index (Phi) is 2.58. The molecule has 0 aromatic heterocycles. The Balaban J connectivity index is 2.47. The lowest BCUT2D eigenvalue weighted by Gasteiger charge is -2.06. The lowest BCUT2D eigenvalue weighted by Crippen LogP contribution is -2.13. The summed E-state index contributed by atoms with van der Waals surface area (Å²) < 4.78 is 17.2. The molecule has 1 aliphatic rings. The van der Waals surface area contributed by atoms with Crippen molar-refractivity contribution < 1.29 is 13.9 Å². The zero-order valence-electron chi connectivity index (χ0n) is 7.00. The van der Waals surface area contributed by atoms with Crippen LogP contribution in [0.3, 0.4) is 0 Å². The van der Waals surface area contributed by atoms with E-state index in [-0.39, 0.29) is 18.1 Å². The molecule has 4 heteroatoms. The maximum atomic E-state index is 12.4. The number of hydrogen-bond acceptors (Lipinski definition) is 3. The van der Waals surface area contributed by atoms with E-state index in [4.69, 9.17) is 4.74 Å². The number of esters is 1. The van der Waals surface area contributed by atoms with Crippen LogP contribution in [0.5, 0.6) is 0 Å². The molecule has 0 amide bonds. The molecule has 0 saturated heterocycles. The molecule has 0 N–H and O–H groups in total. The van der Waals surface area contributed by atoms with Crippen LogP contribution in [-0.2, 0) is 9.53 Å². The third-order valence-electron chi connectivity index (χ3n) is 1.30. The lowest BCUT2D eigenvalue weighted by molar-refractivity contribution is -0.142. The maximum Gasteiger partial charge on any atom is 0.336 e. The van der Waals surface area contributed by atoms with Crippen LogP contribution >= 0.6 is 0 Å². The van der Waals surface area contributed by atoms with Gasteiger partial charge >= 0.3 is 5.97 Å². The van der Waals surface area contributed by atoms with Crippen molar-refractivity contribution in [2.45, 2.75) is 26.4 Å². The van der Waals surface area contributed by atoms with Gasteiger partial charge in [0.05, 0.1) is 18.1 Å². The maximum absolute atomic E-state index is 12.4. The van der Waals surface area contributed by atoms with Gasteiger partial charge in [0, 0.05) is 6.20 Å². The molecule has 66 valence electrons. The first-order chi connectivity index (χ1) is 5.59. The SMILES string of the molecule is CC(C)OC(=O)C1=CN=C(F)C1. The van der Waals surface area contributed by atoms with Crippen LogP contribution in [0.2, 0.25) is 0 Å². The Morgan fingerprint density at radius 2 is 2.42 bits per heavy atom. The van der Waals surface area contributed by atoms with Crippen LogP contribution < -0.4 is 0 Å². The summed E-state index contributed by atoms with van der Waals surface area (Å²) in [4.78, 5) is 14.4. The molecule has 0 aromatic carbocycles. The van der Waals surface area contributed by atoms with Crippen LogP contribution in [0.15, 0.2) is 16.8 Å². The highest BCUT2D eigenvalue weighted by Crippen LogP contribution is 2.14. The van der Waals surface area contributed by atoms with Gasteiger partial charge in [-0.3, -0.25) is 0 Å². The smallest absolute Gasteiger partial charge is 0.336 e. The van der Waals surface area contributed by atoms with E-state index in [0.717, 1.165) is 0 Å². The van der Waals surface area contributed by atoms with Gasteiger partial charge < -0.3 is 4.74 Å². The molecule has 0 aliphatic carbocycles. The molecule has 0 aromatic rings. The van der Waals surface area contributed by atoms with Gasteiger partial charge in [-0.05, 0) is 13.8 Å². The third-order valence-corrected chi connectivity index (χ3v) is 1.30. The second-order valence-corrected chi connectivity index (χ2v) is 2.79. The standard InChI is InChI=1S/C8H10FNO2/c1-5(2)12-8(11)6-3-7(9)10-4-6/h4-5H,3H2,1-2H3. The van der Waals surface area contributed by atoms with Gasteiger partial charge in [-0.15, -0.1) is 0 Å². The van der Waals surface area contributed by atoms with E-state index < -0.39 is 11.9 Å². The van der Waals surface area contributed by atoms with E-state index in [1.165, 1.54) is 6.20 Å². The third kappa shape index (κ3) is 2.15. The number of carbonyl (C=O) groups excluding carboxylic acids is 1. The molecule has 0 fully saturated rings. The van der Waals surface area contributed by atoms with Crippen molar-refractivity contribution in [1.82, 2.24) is 0 Å². The highest BCUT2D eigenvalue weighted by molar-refractivity contribution is 5.97. The minimum absolute atomic E-state index is 0.0362. The zero-order chi connectivity index (χ0) is 9.14. The molecule has 0 spiro atoms. The number of carbonyl (C=O) groups is 1. The zero-order valence-corrected chi connectivity index (χ0v) is 7.00. The Morgan fingerprint density at radius 3 is 2.83 bits per heavy atom. The second-order valence-electron chi connectivity index (χ2n) is 2.79. The van der Waals surface area contributed by atoms with Crippen LogP contribution in [-0.4, -0.2) is 18.0 Å². The summed E-state index contributed by atoms with van der Waals surface area (Å²) in [6.45, 7) is 3.48. The van der Waals surface area contributed by atoms with Crippen LogP contribution in [0.4, 0.5) is 4.39 Å². The van der Waals surface area contributed by atoms with Crippen molar-refractivity contribution in [1.29, 1.82) is 0 Å². The predicted molar refractivity (Wildman–Crippen MR) is 42.5 cm³/mol. The average molecular weight is 171 g/mol. The van der Waals surface area contributed by atoms with Crippen molar-refractivity contribution in [3.63, 3.8) is 0 Å². The summed E-state index contributed by atoms with van der Waals surface area (Å²) in [7, 11) is 0. The molecule has 0 radical (unpaired) electrons. The highest BCUT2D eigenvalue weighted by atomic mass is 19.1. The minimum atomic E-state index is -0.536. The van der Waals surface area contributed by atoms with E-state index in [9.17, 15) is 9.18 Å².